The number of carbonyl (C=O) groups excluding carboxylic acids is 1. The van der Waals surface area contributed by atoms with Gasteiger partial charge >= 0.3 is 0 Å². The van der Waals surface area contributed by atoms with E-state index in [-0.39, 0.29) is 5.91 Å². The fraction of sp³-hybridized carbons (Fsp3) is 0.667. The van der Waals surface area contributed by atoms with E-state index in [1.807, 2.05) is 18.7 Å². The first-order valence-corrected chi connectivity index (χ1v) is 7.72. The van der Waals surface area contributed by atoms with Gasteiger partial charge in [-0.1, -0.05) is 0 Å². The van der Waals surface area contributed by atoms with Gasteiger partial charge in [0.1, 0.15) is 4.88 Å². The third-order valence-corrected chi connectivity index (χ3v) is 4.69. The highest BCUT2D eigenvalue weighted by Crippen LogP contribution is 2.26. The molecule has 0 aliphatic carbocycles. The Morgan fingerprint density at radius 1 is 1.67 bits per heavy atom. The molecule has 6 heteroatoms. The van der Waals surface area contributed by atoms with Gasteiger partial charge in [-0.25, -0.2) is 4.98 Å². The van der Waals surface area contributed by atoms with Gasteiger partial charge in [-0.15, -0.1) is 11.3 Å². The molecular formula is C12H17BrN2O2S. The lowest BCUT2D eigenvalue weighted by Gasteiger charge is -2.15. The molecule has 1 aliphatic heterocycles. The van der Waals surface area contributed by atoms with Gasteiger partial charge < -0.3 is 9.64 Å². The fourth-order valence-corrected chi connectivity index (χ4v) is 3.66. The van der Waals surface area contributed by atoms with Crippen LogP contribution >= 0.6 is 27.3 Å². The summed E-state index contributed by atoms with van der Waals surface area (Å²) >= 11 is 4.73. The Labute approximate surface area is 119 Å². The highest BCUT2D eigenvalue weighted by molar-refractivity contribution is 9.11. The van der Waals surface area contributed by atoms with Gasteiger partial charge in [-0.3, -0.25) is 4.79 Å². The predicted molar refractivity (Wildman–Crippen MR) is 75.1 cm³/mol. The number of rotatable bonds is 4. The first kappa shape index (κ1) is 14.0. The van der Waals surface area contributed by atoms with Gasteiger partial charge in [0.15, 0.2) is 3.92 Å². The maximum Gasteiger partial charge on any atom is 0.265 e. The summed E-state index contributed by atoms with van der Waals surface area (Å²) in [5.41, 5.74) is 0.810. The van der Waals surface area contributed by atoms with Crippen molar-refractivity contribution in [3.63, 3.8) is 0 Å². The van der Waals surface area contributed by atoms with E-state index >= 15 is 0 Å². The number of hydrogen-bond acceptors (Lipinski definition) is 4. The Morgan fingerprint density at radius 3 is 3.06 bits per heavy atom. The number of aromatic nitrogens is 1. The number of aryl methyl sites for hydroxylation is 1. The van der Waals surface area contributed by atoms with Crippen molar-refractivity contribution in [2.45, 2.75) is 20.3 Å². The maximum absolute atomic E-state index is 12.3. The van der Waals surface area contributed by atoms with E-state index in [2.05, 4.69) is 20.9 Å². The highest BCUT2D eigenvalue weighted by Gasteiger charge is 2.29. The Bertz CT molecular complexity index is 436. The predicted octanol–water partition coefficient (Wildman–Crippen LogP) is 2.71. The minimum Gasteiger partial charge on any atom is -0.381 e. The largest absolute Gasteiger partial charge is 0.381 e. The van der Waals surface area contributed by atoms with E-state index in [1.54, 1.807) is 0 Å². The van der Waals surface area contributed by atoms with Crippen LogP contribution in [0.25, 0.3) is 0 Å². The molecule has 1 amide bonds. The zero-order chi connectivity index (χ0) is 13.1. The lowest BCUT2D eigenvalue weighted by Crippen LogP contribution is -2.29. The van der Waals surface area contributed by atoms with Crippen molar-refractivity contribution < 1.29 is 9.53 Å². The van der Waals surface area contributed by atoms with E-state index in [0.29, 0.717) is 5.92 Å². The second-order valence-electron chi connectivity index (χ2n) is 4.45. The van der Waals surface area contributed by atoms with E-state index in [0.717, 1.165) is 47.2 Å². The number of halogens is 1. The van der Waals surface area contributed by atoms with Gasteiger partial charge in [0.05, 0.1) is 12.3 Å². The van der Waals surface area contributed by atoms with Gasteiger partial charge in [0, 0.05) is 25.6 Å². The van der Waals surface area contributed by atoms with Crippen LogP contribution in [0.5, 0.6) is 0 Å². The smallest absolute Gasteiger partial charge is 0.265 e. The highest BCUT2D eigenvalue weighted by atomic mass is 79.9. The number of nitrogens with zero attached hydrogens (tertiary/aromatic N) is 2. The number of thiazole rings is 1. The molecule has 2 rings (SSSR count). The topological polar surface area (TPSA) is 42.4 Å². The van der Waals surface area contributed by atoms with Crippen molar-refractivity contribution in [1.82, 2.24) is 9.88 Å². The Hall–Kier alpha value is -0.460. The second kappa shape index (κ2) is 6.12. The molecule has 0 radical (unpaired) electrons. The third kappa shape index (κ3) is 3.10. The molecule has 100 valence electrons. The van der Waals surface area contributed by atoms with Crippen LogP contribution in [0.3, 0.4) is 0 Å². The summed E-state index contributed by atoms with van der Waals surface area (Å²) in [6.07, 6.45) is 1.03. The van der Waals surface area contributed by atoms with Gasteiger partial charge in [-0.05, 0) is 36.2 Å². The third-order valence-electron chi connectivity index (χ3n) is 3.10. The van der Waals surface area contributed by atoms with Crippen LogP contribution in [0.2, 0.25) is 0 Å². The number of likely N-dealkylation sites (tertiary alicyclic amines) is 1. The van der Waals surface area contributed by atoms with Crippen molar-refractivity contribution in [2.75, 3.05) is 26.3 Å². The molecule has 0 aromatic carbocycles. The van der Waals surface area contributed by atoms with Crippen molar-refractivity contribution in [3.05, 3.63) is 14.5 Å². The summed E-state index contributed by atoms with van der Waals surface area (Å²) in [7, 11) is 0. The Kier molecular flexibility index (Phi) is 4.75. The molecule has 1 fully saturated rings. The molecule has 1 saturated heterocycles. The van der Waals surface area contributed by atoms with Crippen LogP contribution in [0.4, 0.5) is 0 Å². The van der Waals surface area contributed by atoms with Crippen LogP contribution in [0.1, 0.15) is 28.7 Å². The zero-order valence-corrected chi connectivity index (χ0v) is 13.0. The number of hydrogen-bond donors (Lipinski definition) is 0. The molecule has 2 heterocycles. The molecule has 0 saturated carbocycles. The minimum absolute atomic E-state index is 0.106. The molecule has 0 unspecified atom stereocenters. The van der Waals surface area contributed by atoms with E-state index < -0.39 is 0 Å². The lowest BCUT2D eigenvalue weighted by atomic mass is 10.1. The Balaban J connectivity index is 1.97. The SMILES string of the molecule is CCOC[C@H]1CCN(C(=O)c2sc(Br)nc2C)C1. The summed E-state index contributed by atoms with van der Waals surface area (Å²) in [6.45, 7) is 6.99. The number of ether oxygens (including phenoxy) is 1. The zero-order valence-electron chi connectivity index (χ0n) is 10.6. The van der Waals surface area contributed by atoms with Crippen LogP contribution in [0.15, 0.2) is 3.92 Å². The minimum atomic E-state index is 0.106. The molecule has 1 atom stereocenters. The monoisotopic (exact) mass is 332 g/mol. The van der Waals surface area contributed by atoms with E-state index in [9.17, 15) is 4.79 Å². The lowest BCUT2D eigenvalue weighted by molar-refractivity contribution is 0.0766. The van der Waals surface area contributed by atoms with Gasteiger partial charge in [0.2, 0.25) is 0 Å². The van der Waals surface area contributed by atoms with Crippen molar-refractivity contribution in [1.29, 1.82) is 0 Å². The molecule has 4 nitrogen and oxygen atoms in total. The molecule has 1 aliphatic rings. The Morgan fingerprint density at radius 2 is 2.44 bits per heavy atom. The first-order valence-electron chi connectivity index (χ1n) is 6.11. The van der Waals surface area contributed by atoms with E-state index in [1.165, 1.54) is 11.3 Å². The number of carbonyl (C=O) groups is 1. The quantitative estimate of drug-likeness (QED) is 0.851. The van der Waals surface area contributed by atoms with Crippen LogP contribution < -0.4 is 0 Å². The van der Waals surface area contributed by atoms with Crippen LogP contribution in [-0.2, 0) is 4.74 Å². The van der Waals surface area contributed by atoms with E-state index in [4.69, 9.17) is 4.74 Å². The van der Waals surface area contributed by atoms with Crippen LogP contribution in [-0.4, -0.2) is 42.1 Å². The number of amides is 1. The summed E-state index contributed by atoms with van der Waals surface area (Å²) in [5, 5.41) is 0. The molecule has 0 bridgehead atoms. The average molecular weight is 333 g/mol. The summed E-state index contributed by atoms with van der Waals surface area (Å²) in [4.78, 5) is 19.2. The molecule has 0 spiro atoms. The molecule has 0 N–H and O–H groups in total. The summed E-state index contributed by atoms with van der Waals surface area (Å²) in [5.74, 6) is 0.584. The summed E-state index contributed by atoms with van der Waals surface area (Å²) in [6, 6.07) is 0. The normalized spacial score (nSPS) is 19.5. The first-order chi connectivity index (χ1) is 8.61. The van der Waals surface area contributed by atoms with Crippen molar-refractivity contribution in [2.24, 2.45) is 5.92 Å². The second-order valence-corrected chi connectivity index (χ2v) is 6.72. The van der Waals surface area contributed by atoms with Crippen molar-refractivity contribution in [3.8, 4) is 0 Å². The maximum atomic E-state index is 12.3. The molecular weight excluding hydrogens is 316 g/mol. The standard InChI is InChI=1S/C12H17BrN2O2S/c1-3-17-7-9-4-5-15(6-9)11(16)10-8(2)14-12(13)18-10/h9H,3-7H2,1-2H3/t9-/m0/s1. The van der Waals surface area contributed by atoms with Gasteiger partial charge in [0.25, 0.3) is 5.91 Å². The molecule has 18 heavy (non-hydrogen) atoms. The van der Waals surface area contributed by atoms with Gasteiger partial charge in [-0.2, -0.15) is 0 Å². The average Bonchev–Trinajstić information content (AvgIpc) is 2.92. The molecule has 1 aromatic heterocycles. The van der Waals surface area contributed by atoms with Crippen LogP contribution in [0, 0.1) is 12.8 Å². The summed E-state index contributed by atoms with van der Waals surface area (Å²) < 4.78 is 6.20. The van der Waals surface area contributed by atoms with Crippen molar-refractivity contribution >= 4 is 33.2 Å². The molecule has 1 aromatic rings. The fourth-order valence-electron chi connectivity index (χ4n) is 2.14.